The topological polar surface area (TPSA) is 37.3 Å². The molecule has 0 aliphatic carbocycles. The van der Waals surface area contributed by atoms with Crippen molar-refractivity contribution in [1.29, 1.82) is 0 Å². The Morgan fingerprint density at radius 1 is 1.36 bits per heavy atom. The quantitative estimate of drug-likeness (QED) is 0.745. The summed E-state index contributed by atoms with van der Waals surface area (Å²) in [6.07, 6.45) is -4.93. The predicted octanol–water partition coefficient (Wildman–Crippen LogP) is 2.79. The second kappa shape index (κ2) is 3.49. The number of Topliss-reactive ketones (excluding diaryl/α,β-unsaturated/α-hetero) is 1. The standard InChI is InChI=1S/C8H4ClF3O2/c9-5-3-4(1-2-6(5)13)7(14)8(10,11)12/h1-3,13H. The molecule has 0 spiro atoms. The minimum absolute atomic E-state index is 0.292. The fourth-order valence-corrected chi connectivity index (χ4v) is 0.992. The zero-order chi connectivity index (χ0) is 10.9. The molecule has 0 saturated heterocycles. The summed E-state index contributed by atoms with van der Waals surface area (Å²) in [4.78, 5) is 10.7. The highest BCUT2D eigenvalue weighted by Gasteiger charge is 2.39. The van der Waals surface area contributed by atoms with Crippen molar-refractivity contribution in [1.82, 2.24) is 0 Å². The van der Waals surface area contributed by atoms with Gasteiger partial charge in [-0.2, -0.15) is 13.2 Å². The average molecular weight is 225 g/mol. The third-order valence-electron chi connectivity index (χ3n) is 1.47. The summed E-state index contributed by atoms with van der Waals surface area (Å²) in [7, 11) is 0. The average Bonchev–Trinajstić information content (AvgIpc) is 2.07. The maximum absolute atomic E-state index is 11.9. The highest BCUT2D eigenvalue weighted by molar-refractivity contribution is 6.32. The summed E-state index contributed by atoms with van der Waals surface area (Å²) in [6.45, 7) is 0. The van der Waals surface area contributed by atoms with E-state index in [1.54, 1.807) is 0 Å². The number of alkyl halides is 3. The SMILES string of the molecule is O=C(c1ccc(O)c(Cl)c1)C(F)(F)F. The molecular formula is C8H4ClF3O2. The van der Waals surface area contributed by atoms with Gasteiger partial charge in [0.05, 0.1) is 5.02 Å². The lowest BCUT2D eigenvalue weighted by Gasteiger charge is -2.05. The zero-order valence-electron chi connectivity index (χ0n) is 6.60. The Bertz CT molecular complexity index is 373. The first-order valence-electron chi connectivity index (χ1n) is 3.42. The number of hydrogen-bond donors (Lipinski definition) is 1. The number of phenolic OH excluding ortho intramolecular Hbond substituents is 1. The van der Waals surface area contributed by atoms with Crippen LogP contribution in [0.5, 0.6) is 5.75 Å². The van der Waals surface area contributed by atoms with Crippen LogP contribution in [0.3, 0.4) is 0 Å². The highest BCUT2D eigenvalue weighted by atomic mass is 35.5. The van der Waals surface area contributed by atoms with E-state index < -0.39 is 17.5 Å². The van der Waals surface area contributed by atoms with Gasteiger partial charge in [-0.05, 0) is 18.2 Å². The molecule has 2 nitrogen and oxygen atoms in total. The summed E-state index contributed by atoms with van der Waals surface area (Å²) in [5.41, 5.74) is -0.597. The molecule has 0 fully saturated rings. The van der Waals surface area contributed by atoms with Gasteiger partial charge in [0.1, 0.15) is 5.75 Å². The first-order valence-corrected chi connectivity index (χ1v) is 3.80. The molecule has 0 saturated carbocycles. The van der Waals surface area contributed by atoms with Crippen molar-refractivity contribution < 1.29 is 23.1 Å². The van der Waals surface area contributed by atoms with E-state index in [0.717, 1.165) is 18.2 Å². The maximum Gasteiger partial charge on any atom is 0.454 e. The monoisotopic (exact) mass is 224 g/mol. The van der Waals surface area contributed by atoms with Gasteiger partial charge in [0, 0.05) is 5.56 Å². The van der Waals surface area contributed by atoms with Crippen LogP contribution in [0.25, 0.3) is 0 Å². The van der Waals surface area contributed by atoms with E-state index in [2.05, 4.69) is 0 Å². The fraction of sp³-hybridized carbons (Fsp3) is 0.125. The number of halogens is 4. The number of rotatable bonds is 1. The van der Waals surface area contributed by atoms with E-state index in [-0.39, 0.29) is 10.8 Å². The third-order valence-corrected chi connectivity index (χ3v) is 1.77. The predicted molar refractivity (Wildman–Crippen MR) is 43.5 cm³/mol. The summed E-state index contributed by atoms with van der Waals surface area (Å²) in [5.74, 6) is -2.36. The van der Waals surface area contributed by atoms with Gasteiger partial charge in [-0.1, -0.05) is 11.6 Å². The third kappa shape index (κ3) is 2.17. The van der Waals surface area contributed by atoms with Gasteiger partial charge in [0.2, 0.25) is 0 Å². The van der Waals surface area contributed by atoms with Gasteiger partial charge >= 0.3 is 6.18 Å². The molecule has 0 heterocycles. The van der Waals surface area contributed by atoms with Crippen LogP contribution >= 0.6 is 11.6 Å². The molecule has 0 aliphatic heterocycles. The second-order valence-electron chi connectivity index (χ2n) is 2.49. The zero-order valence-corrected chi connectivity index (χ0v) is 7.36. The van der Waals surface area contributed by atoms with Crippen LogP contribution in [0, 0.1) is 0 Å². The molecule has 6 heteroatoms. The highest BCUT2D eigenvalue weighted by Crippen LogP contribution is 2.27. The summed E-state index contributed by atoms with van der Waals surface area (Å²) in [5, 5.41) is 8.61. The lowest BCUT2D eigenvalue weighted by Crippen LogP contribution is -2.22. The Morgan fingerprint density at radius 3 is 2.36 bits per heavy atom. The summed E-state index contributed by atoms with van der Waals surface area (Å²) in [6, 6.07) is 2.56. The normalized spacial score (nSPS) is 11.4. The lowest BCUT2D eigenvalue weighted by molar-refractivity contribution is -0.0885. The Hall–Kier alpha value is -1.23. The Balaban J connectivity index is 3.10. The smallest absolute Gasteiger partial charge is 0.454 e. The van der Waals surface area contributed by atoms with Crippen LogP contribution < -0.4 is 0 Å². The minimum atomic E-state index is -4.93. The van der Waals surface area contributed by atoms with Crippen molar-refractivity contribution in [2.75, 3.05) is 0 Å². The van der Waals surface area contributed by atoms with E-state index in [1.165, 1.54) is 0 Å². The molecule has 0 aliphatic rings. The molecule has 0 atom stereocenters. The van der Waals surface area contributed by atoms with Crippen molar-refractivity contribution in [3.8, 4) is 5.75 Å². The van der Waals surface area contributed by atoms with Crippen LogP contribution in [0.4, 0.5) is 13.2 Å². The number of phenols is 1. The molecule has 0 amide bonds. The molecule has 0 unspecified atom stereocenters. The molecule has 0 bridgehead atoms. The molecule has 1 rings (SSSR count). The molecular weight excluding hydrogens is 221 g/mol. The largest absolute Gasteiger partial charge is 0.506 e. The van der Waals surface area contributed by atoms with E-state index in [0.29, 0.717) is 0 Å². The number of carbonyl (C=O) groups excluding carboxylic acids is 1. The molecule has 1 aromatic carbocycles. The number of benzene rings is 1. The van der Waals surface area contributed by atoms with Crippen molar-refractivity contribution in [3.05, 3.63) is 28.8 Å². The summed E-state index contributed by atoms with van der Waals surface area (Å²) < 4.78 is 35.7. The fourth-order valence-electron chi connectivity index (χ4n) is 0.812. The summed E-state index contributed by atoms with van der Waals surface area (Å²) >= 11 is 5.34. The van der Waals surface area contributed by atoms with Gasteiger partial charge in [-0.15, -0.1) is 0 Å². The maximum atomic E-state index is 11.9. The van der Waals surface area contributed by atoms with Crippen molar-refractivity contribution in [2.24, 2.45) is 0 Å². The van der Waals surface area contributed by atoms with Gasteiger partial charge in [0.15, 0.2) is 0 Å². The van der Waals surface area contributed by atoms with Crippen LogP contribution in [-0.4, -0.2) is 17.1 Å². The first kappa shape index (κ1) is 10.8. The molecule has 14 heavy (non-hydrogen) atoms. The molecule has 76 valence electrons. The van der Waals surface area contributed by atoms with Gasteiger partial charge < -0.3 is 5.11 Å². The Kier molecular flexibility index (Phi) is 2.71. The van der Waals surface area contributed by atoms with Crippen LogP contribution in [0.2, 0.25) is 5.02 Å². The van der Waals surface area contributed by atoms with Crippen molar-refractivity contribution in [3.63, 3.8) is 0 Å². The van der Waals surface area contributed by atoms with Crippen molar-refractivity contribution in [2.45, 2.75) is 6.18 Å². The Morgan fingerprint density at radius 2 is 1.93 bits per heavy atom. The Labute approximate surface area is 81.9 Å². The van der Waals surface area contributed by atoms with Crippen LogP contribution in [0.1, 0.15) is 10.4 Å². The van der Waals surface area contributed by atoms with Crippen LogP contribution in [-0.2, 0) is 0 Å². The molecule has 0 aromatic heterocycles. The van der Waals surface area contributed by atoms with E-state index in [9.17, 15) is 18.0 Å². The van der Waals surface area contributed by atoms with Crippen LogP contribution in [0.15, 0.2) is 18.2 Å². The second-order valence-corrected chi connectivity index (χ2v) is 2.90. The van der Waals surface area contributed by atoms with E-state index in [1.807, 2.05) is 0 Å². The molecule has 1 aromatic rings. The van der Waals surface area contributed by atoms with E-state index in [4.69, 9.17) is 16.7 Å². The lowest BCUT2D eigenvalue weighted by atomic mass is 10.1. The van der Waals surface area contributed by atoms with Gasteiger partial charge in [0.25, 0.3) is 5.78 Å². The molecule has 1 N–H and O–H groups in total. The first-order chi connectivity index (χ1) is 6.32. The van der Waals surface area contributed by atoms with E-state index >= 15 is 0 Å². The number of carbonyl (C=O) groups is 1. The minimum Gasteiger partial charge on any atom is -0.506 e. The molecule has 0 radical (unpaired) electrons. The number of hydrogen-bond acceptors (Lipinski definition) is 2. The number of aromatic hydroxyl groups is 1. The van der Waals surface area contributed by atoms with Gasteiger partial charge in [-0.3, -0.25) is 4.79 Å². The number of ketones is 1. The van der Waals surface area contributed by atoms with Gasteiger partial charge in [-0.25, -0.2) is 0 Å². The van der Waals surface area contributed by atoms with Crippen molar-refractivity contribution >= 4 is 17.4 Å².